The topological polar surface area (TPSA) is 52.6 Å². The van der Waals surface area contributed by atoms with Crippen molar-refractivity contribution in [3.8, 4) is 0 Å². The number of rotatable bonds is 5. The molecule has 2 rings (SSSR count). The van der Waals surface area contributed by atoms with Crippen LogP contribution in [0.4, 0.5) is 0 Å². The van der Waals surface area contributed by atoms with Crippen LogP contribution in [0.3, 0.4) is 0 Å². The maximum Gasteiger partial charge on any atom is 0.324 e. The van der Waals surface area contributed by atoms with E-state index in [0.717, 1.165) is 5.56 Å². The first-order valence-electron chi connectivity index (χ1n) is 6.93. The van der Waals surface area contributed by atoms with E-state index >= 15 is 0 Å². The molecule has 0 amide bonds. The van der Waals surface area contributed by atoms with E-state index < -0.39 is 22.8 Å². The van der Waals surface area contributed by atoms with Crippen LogP contribution in [0.1, 0.15) is 32.8 Å². The van der Waals surface area contributed by atoms with Gasteiger partial charge >= 0.3 is 11.9 Å². The average Bonchev–Trinajstić information content (AvgIpc) is 3.10. The van der Waals surface area contributed by atoms with Gasteiger partial charge in [0.15, 0.2) is 5.41 Å². The highest BCUT2D eigenvalue weighted by atomic mass is 16.6. The molecule has 1 saturated carbocycles. The maximum absolute atomic E-state index is 12.3. The summed E-state index contributed by atoms with van der Waals surface area (Å²) < 4.78 is 10.2. The number of hydrogen-bond donors (Lipinski definition) is 0. The Hall–Kier alpha value is -1.84. The van der Waals surface area contributed by atoms with Crippen molar-refractivity contribution in [1.29, 1.82) is 0 Å². The third kappa shape index (κ3) is 1.99. The van der Waals surface area contributed by atoms with Gasteiger partial charge in [0.2, 0.25) is 0 Å². The lowest BCUT2D eigenvalue weighted by Crippen LogP contribution is -2.36. The second kappa shape index (κ2) is 5.27. The zero-order valence-corrected chi connectivity index (χ0v) is 12.1. The van der Waals surface area contributed by atoms with Crippen molar-refractivity contribution in [2.24, 2.45) is 5.41 Å². The molecule has 4 nitrogen and oxygen atoms in total. The van der Waals surface area contributed by atoms with Crippen molar-refractivity contribution >= 4 is 11.9 Å². The van der Waals surface area contributed by atoms with Crippen molar-refractivity contribution in [2.75, 3.05) is 13.2 Å². The molecule has 0 heterocycles. The molecule has 1 fully saturated rings. The molecular formula is C16H20O4. The van der Waals surface area contributed by atoms with Gasteiger partial charge in [-0.15, -0.1) is 0 Å². The smallest absolute Gasteiger partial charge is 0.324 e. The molecule has 0 bridgehead atoms. The van der Waals surface area contributed by atoms with Gasteiger partial charge in [0.25, 0.3) is 0 Å². The van der Waals surface area contributed by atoms with Crippen molar-refractivity contribution < 1.29 is 19.1 Å². The van der Waals surface area contributed by atoms with Gasteiger partial charge in [-0.05, 0) is 25.8 Å². The van der Waals surface area contributed by atoms with E-state index in [1.165, 1.54) is 0 Å². The zero-order chi connectivity index (χ0) is 14.8. The third-order valence-electron chi connectivity index (χ3n) is 4.09. The minimum atomic E-state index is -1.19. The summed E-state index contributed by atoms with van der Waals surface area (Å²) in [4.78, 5) is 24.6. The van der Waals surface area contributed by atoms with Crippen molar-refractivity contribution in [1.82, 2.24) is 0 Å². The van der Waals surface area contributed by atoms with Gasteiger partial charge in [-0.1, -0.05) is 37.3 Å². The SMILES string of the molecule is CCOC(=O)C1(C(=O)OCC)CC1(C)c1ccccc1. The number of benzene rings is 1. The Labute approximate surface area is 119 Å². The van der Waals surface area contributed by atoms with E-state index in [1.54, 1.807) is 13.8 Å². The van der Waals surface area contributed by atoms with Crippen LogP contribution in [0.15, 0.2) is 30.3 Å². The summed E-state index contributed by atoms with van der Waals surface area (Å²) in [7, 11) is 0. The molecule has 4 heteroatoms. The van der Waals surface area contributed by atoms with Crippen LogP contribution >= 0.6 is 0 Å². The van der Waals surface area contributed by atoms with E-state index in [2.05, 4.69) is 0 Å². The van der Waals surface area contributed by atoms with Crippen molar-refractivity contribution in [3.05, 3.63) is 35.9 Å². The first kappa shape index (κ1) is 14.6. The van der Waals surface area contributed by atoms with E-state index in [1.807, 2.05) is 37.3 Å². The minimum absolute atomic E-state index is 0.255. The summed E-state index contributed by atoms with van der Waals surface area (Å²) in [6, 6.07) is 9.58. The molecule has 1 unspecified atom stereocenters. The second-order valence-electron chi connectivity index (χ2n) is 5.22. The van der Waals surface area contributed by atoms with Gasteiger partial charge < -0.3 is 9.47 Å². The second-order valence-corrected chi connectivity index (χ2v) is 5.22. The lowest BCUT2D eigenvalue weighted by molar-refractivity contribution is -0.165. The molecule has 0 N–H and O–H groups in total. The minimum Gasteiger partial charge on any atom is -0.465 e. The van der Waals surface area contributed by atoms with Gasteiger partial charge in [-0.25, -0.2) is 0 Å². The molecule has 1 aliphatic rings. The Balaban J connectivity index is 2.37. The predicted octanol–water partition coefficient (Wildman–Crippen LogP) is 2.46. The maximum atomic E-state index is 12.3. The number of carbonyl (C=O) groups is 2. The fraction of sp³-hybridized carbons (Fsp3) is 0.500. The molecular weight excluding hydrogens is 256 g/mol. The summed E-state index contributed by atoms with van der Waals surface area (Å²) in [5.74, 6) is -0.963. The number of ether oxygens (including phenoxy) is 2. The summed E-state index contributed by atoms with van der Waals surface area (Å²) >= 11 is 0. The predicted molar refractivity (Wildman–Crippen MR) is 74.1 cm³/mol. The first-order chi connectivity index (χ1) is 9.53. The monoisotopic (exact) mass is 276 g/mol. The van der Waals surface area contributed by atoms with Gasteiger partial charge in [0.1, 0.15) is 0 Å². The van der Waals surface area contributed by atoms with Crippen molar-refractivity contribution in [3.63, 3.8) is 0 Å². The number of carbonyl (C=O) groups excluding carboxylic acids is 2. The van der Waals surface area contributed by atoms with Crippen LogP contribution in [-0.2, 0) is 24.5 Å². The van der Waals surface area contributed by atoms with Crippen molar-refractivity contribution in [2.45, 2.75) is 32.6 Å². The van der Waals surface area contributed by atoms with Gasteiger partial charge in [0.05, 0.1) is 13.2 Å². The summed E-state index contributed by atoms with van der Waals surface area (Å²) in [5.41, 5.74) is -0.784. The Morgan fingerprint density at radius 2 is 1.55 bits per heavy atom. The van der Waals surface area contributed by atoms with Crippen LogP contribution in [-0.4, -0.2) is 25.2 Å². The summed E-state index contributed by atoms with van der Waals surface area (Å²) in [5, 5.41) is 0. The highest BCUT2D eigenvalue weighted by Crippen LogP contribution is 2.65. The quantitative estimate of drug-likeness (QED) is 0.612. The first-order valence-corrected chi connectivity index (χ1v) is 6.93. The normalized spacial score (nSPS) is 22.9. The molecule has 0 radical (unpaired) electrons. The highest BCUT2D eigenvalue weighted by molar-refractivity contribution is 6.06. The highest BCUT2D eigenvalue weighted by Gasteiger charge is 2.76. The molecule has 0 spiro atoms. The van der Waals surface area contributed by atoms with E-state index in [-0.39, 0.29) is 13.2 Å². The molecule has 1 aliphatic carbocycles. The molecule has 108 valence electrons. The van der Waals surface area contributed by atoms with Gasteiger partial charge in [0, 0.05) is 5.41 Å². The van der Waals surface area contributed by atoms with E-state index in [4.69, 9.17) is 9.47 Å². The van der Waals surface area contributed by atoms with Gasteiger partial charge in [-0.2, -0.15) is 0 Å². The standard InChI is InChI=1S/C16H20O4/c1-4-19-13(17)16(14(18)20-5-2)11-15(16,3)12-9-7-6-8-10-12/h6-10H,4-5,11H2,1-3H3. The average molecular weight is 276 g/mol. The molecule has 1 atom stereocenters. The fourth-order valence-corrected chi connectivity index (χ4v) is 2.83. The molecule has 1 aromatic rings. The molecule has 0 aromatic heterocycles. The Kier molecular flexibility index (Phi) is 3.84. The van der Waals surface area contributed by atoms with Crippen LogP contribution < -0.4 is 0 Å². The van der Waals surface area contributed by atoms with Gasteiger partial charge in [-0.3, -0.25) is 9.59 Å². The van der Waals surface area contributed by atoms with Crippen LogP contribution in [0, 0.1) is 5.41 Å². The lowest BCUT2D eigenvalue weighted by Gasteiger charge is -2.20. The van der Waals surface area contributed by atoms with Crippen LogP contribution in [0.2, 0.25) is 0 Å². The van der Waals surface area contributed by atoms with Crippen LogP contribution in [0.5, 0.6) is 0 Å². The zero-order valence-electron chi connectivity index (χ0n) is 12.1. The number of esters is 2. The molecule has 0 aliphatic heterocycles. The van der Waals surface area contributed by atoms with E-state index in [0.29, 0.717) is 6.42 Å². The Bertz CT molecular complexity index is 490. The number of hydrogen-bond acceptors (Lipinski definition) is 4. The molecule has 1 aromatic carbocycles. The third-order valence-corrected chi connectivity index (χ3v) is 4.09. The fourth-order valence-electron chi connectivity index (χ4n) is 2.83. The Morgan fingerprint density at radius 1 is 1.05 bits per heavy atom. The molecule has 20 heavy (non-hydrogen) atoms. The molecule has 0 saturated heterocycles. The Morgan fingerprint density at radius 3 is 2.00 bits per heavy atom. The summed E-state index contributed by atoms with van der Waals surface area (Å²) in [6.45, 7) is 5.89. The largest absolute Gasteiger partial charge is 0.465 e. The van der Waals surface area contributed by atoms with Crippen LogP contribution in [0.25, 0.3) is 0 Å². The lowest BCUT2D eigenvalue weighted by atomic mass is 9.87. The summed E-state index contributed by atoms with van der Waals surface area (Å²) in [6.07, 6.45) is 0.432. The van der Waals surface area contributed by atoms with E-state index in [9.17, 15) is 9.59 Å².